The van der Waals surface area contributed by atoms with Crippen LogP contribution in [0.15, 0.2) is 55.1 Å². The Balaban J connectivity index is 2.25. The second-order valence-corrected chi connectivity index (χ2v) is 4.04. The predicted molar refractivity (Wildman–Crippen MR) is 73.3 cm³/mol. The maximum absolute atomic E-state index is 9.59. The molecule has 0 bridgehead atoms. The number of rotatable bonds is 2. The predicted octanol–water partition coefficient (Wildman–Crippen LogP) is 1.72. The quantitative estimate of drug-likeness (QED) is 0.792. The van der Waals surface area contributed by atoms with E-state index >= 15 is 0 Å². The van der Waals surface area contributed by atoms with Crippen molar-refractivity contribution < 1.29 is 19.5 Å². The fraction of sp³-hybridized carbons (Fsp3) is 0.0769. The first-order chi connectivity index (χ1) is 9.08. The van der Waals surface area contributed by atoms with E-state index in [1.807, 2.05) is 12.1 Å². The summed E-state index contributed by atoms with van der Waals surface area (Å²) in [6, 6.07) is 7.21. The van der Waals surface area contributed by atoms with E-state index in [2.05, 4.69) is 6.58 Å². The molecule has 98 valence electrons. The number of nitrogens with zero attached hydrogens (tertiary/aromatic N) is 1. The van der Waals surface area contributed by atoms with Crippen LogP contribution in [0.25, 0.3) is 6.08 Å². The molecule has 0 fully saturated rings. The fourth-order valence-corrected chi connectivity index (χ4v) is 1.62. The molecule has 1 heterocycles. The van der Waals surface area contributed by atoms with Crippen LogP contribution in [0.3, 0.4) is 0 Å². The highest BCUT2D eigenvalue weighted by Crippen LogP contribution is 2.10. The van der Waals surface area contributed by atoms with Crippen LogP contribution in [0.5, 0.6) is 0 Å². The molecule has 5 nitrogen and oxygen atoms in total. The summed E-state index contributed by atoms with van der Waals surface area (Å²) in [5, 5.41) is 19.2. The summed E-state index contributed by atoms with van der Waals surface area (Å²) < 4.78 is 10.4. The Morgan fingerprint density at radius 2 is 1.63 bits per heavy atom. The van der Waals surface area contributed by atoms with Crippen LogP contribution < -0.4 is 5.46 Å². The first kappa shape index (κ1) is 12.9. The Morgan fingerprint density at radius 3 is 2.11 bits per heavy atom. The molecule has 0 spiro atoms. The van der Waals surface area contributed by atoms with Crippen LogP contribution in [-0.4, -0.2) is 29.3 Å². The van der Waals surface area contributed by atoms with Crippen LogP contribution in [-0.2, 0) is 9.31 Å². The molecular formula is C13H14BNO4. The summed E-state index contributed by atoms with van der Waals surface area (Å²) in [5.41, 5.74) is 1.61. The maximum Gasteiger partial charge on any atom is 0.636 e. The Labute approximate surface area is 111 Å². The second kappa shape index (κ2) is 5.43. The molecule has 2 rings (SSSR count). The van der Waals surface area contributed by atoms with Crippen molar-refractivity contribution in [3.05, 3.63) is 60.7 Å². The number of hydrogen-bond acceptors (Lipinski definition) is 5. The molecule has 1 aliphatic heterocycles. The summed E-state index contributed by atoms with van der Waals surface area (Å²) >= 11 is 0. The van der Waals surface area contributed by atoms with Crippen LogP contribution >= 0.6 is 0 Å². The molecule has 0 saturated heterocycles. The first-order valence-corrected chi connectivity index (χ1v) is 5.67. The van der Waals surface area contributed by atoms with E-state index in [9.17, 15) is 10.2 Å². The third kappa shape index (κ3) is 3.25. The third-order valence-electron chi connectivity index (χ3n) is 2.53. The van der Waals surface area contributed by atoms with Crippen molar-refractivity contribution in [3.8, 4) is 0 Å². The lowest BCUT2D eigenvalue weighted by Gasteiger charge is -2.20. The highest BCUT2D eigenvalue weighted by Gasteiger charge is 2.29. The SMILES string of the molecule is C=Cc1ccc(B2OC(O)=CN(C)C=C(O)O2)cc1. The molecule has 0 aromatic heterocycles. The number of benzene rings is 1. The van der Waals surface area contributed by atoms with Crippen LogP contribution in [0.1, 0.15) is 5.56 Å². The number of aliphatic hydroxyl groups is 2. The van der Waals surface area contributed by atoms with Gasteiger partial charge in [0.1, 0.15) is 0 Å². The van der Waals surface area contributed by atoms with Gasteiger partial charge in [0.2, 0.25) is 0 Å². The van der Waals surface area contributed by atoms with E-state index in [4.69, 9.17) is 9.31 Å². The van der Waals surface area contributed by atoms with Gasteiger partial charge in [-0.3, -0.25) is 0 Å². The van der Waals surface area contributed by atoms with Gasteiger partial charge in [0.05, 0.1) is 12.4 Å². The van der Waals surface area contributed by atoms with Gasteiger partial charge in [-0.25, -0.2) is 0 Å². The molecule has 0 aliphatic carbocycles. The Bertz CT molecular complexity index is 502. The van der Waals surface area contributed by atoms with Gasteiger partial charge in [-0.1, -0.05) is 36.9 Å². The topological polar surface area (TPSA) is 62.2 Å². The van der Waals surface area contributed by atoms with Gasteiger partial charge >= 0.3 is 7.12 Å². The van der Waals surface area contributed by atoms with Gasteiger partial charge in [0.15, 0.2) is 0 Å². The van der Waals surface area contributed by atoms with E-state index < -0.39 is 7.12 Å². The van der Waals surface area contributed by atoms with Gasteiger partial charge < -0.3 is 24.4 Å². The molecule has 1 aromatic rings. The van der Waals surface area contributed by atoms with Gasteiger partial charge in [-0.05, 0) is 5.56 Å². The largest absolute Gasteiger partial charge is 0.636 e. The fourth-order valence-electron chi connectivity index (χ4n) is 1.62. The van der Waals surface area contributed by atoms with Crippen molar-refractivity contribution in [2.24, 2.45) is 0 Å². The first-order valence-electron chi connectivity index (χ1n) is 5.67. The van der Waals surface area contributed by atoms with E-state index in [0.29, 0.717) is 5.46 Å². The number of aliphatic hydroxyl groups excluding tert-OH is 2. The average Bonchev–Trinajstić information content (AvgIpc) is 2.36. The van der Waals surface area contributed by atoms with Gasteiger partial charge in [0, 0.05) is 12.5 Å². The van der Waals surface area contributed by atoms with E-state index in [-0.39, 0.29) is 11.9 Å². The van der Waals surface area contributed by atoms with E-state index in [1.54, 1.807) is 25.3 Å². The molecule has 2 N–H and O–H groups in total. The normalized spacial score (nSPS) is 15.4. The molecule has 0 atom stereocenters. The van der Waals surface area contributed by atoms with Gasteiger partial charge in [-0.2, -0.15) is 0 Å². The molecule has 1 aliphatic rings. The highest BCUT2D eigenvalue weighted by atomic mass is 16.7. The molecule has 19 heavy (non-hydrogen) atoms. The summed E-state index contributed by atoms with van der Waals surface area (Å²) in [6.07, 6.45) is 4.36. The van der Waals surface area contributed by atoms with Crippen molar-refractivity contribution in [1.29, 1.82) is 0 Å². The smallest absolute Gasteiger partial charge is 0.494 e. The van der Waals surface area contributed by atoms with Gasteiger partial charge in [0.25, 0.3) is 11.9 Å². The lowest BCUT2D eigenvalue weighted by Crippen LogP contribution is -2.37. The number of hydrogen-bond donors (Lipinski definition) is 2. The molecule has 0 amide bonds. The molecule has 0 radical (unpaired) electrons. The zero-order valence-corrected chi connectivity index (χ0v) is 10.5. The van der Waals surface area contributed by atoms with Gasteiger partial charge in [-0.15, -0.1) is 0 Å². The van der Waals surface area contributed by atoms with Crippen LogP contribution in [0.2, 0.25) is 0 Å². The second-order valence-electron chi connectivity index (χ2n) is 4.04. The molecule has 0 saturated carbocycles. The maximum atomic E-state index is 9.59. The van der Waals surface area contributed by atoms with E-state index in [1.165, 1.54) is 17.3 Å². The minimum atomic E-state index is -0.917. The van der Waals surface area contributed by atoms with Crippen molar-refractivity contribution in [2.75, 3.05) is 7.05 Å². The molecule has 1 aromatic carbocycles. The van der Waals surface area contributed by atoms with E-state index in [0.717, 1.165) is 5.56 Å². The average molecular weight is 259 g/mol. The minimum absolute atomic E-state index is 0.302. The van der Waals surface area contributed by atoms with Crippen molar-refractivity contribution >= 4 is 18.7 Å². The summed E-state index contributed by atoms with van der Waals surface area (Å²) in [7, 11) is 0.707. The van der Waals surface area contributed by atoms with Crippen molar-refractivity contribution in [2.45, 2.75) is 0 Å². The Kier molecular flexibility index (Phi) is 3.70. The minimum Gasteiger partial charge on any atom is -0.494 e. The Morgan fingerprint density at radius 1 is 1.11 bits per heavy atom. The molecular weight excluding hydrogens is 245 g/mol. The van der Waals surface area contributed by atoms with Crippen molar-refractivity contribution in [3.63, 3.8) is 0 Å². The molecule has 0 unspecified atom stereocenters. The lowest BCUT2D eigenvalue weighted by atomic mass is 9.78. The molecule has 6 heteroatoms. The summed E-state index contributed by atoms with van der Waals surface area (Å²) in [6.45, 7) is 3.67. The zero-order chi connectivity index (χ0) is 13.8. The zero-order valence-electron chi connectivity index (χ0n) is 10.5. The Hall–Kier alpha value is -2.50. The van der Waals surface area contributed by atoms with Crippen molar-refractivity contribution in [1.82, 2.24) is 4.90 Å². The lowest BCUT2D eigenvalue weighted by molar-refractivity contribution is 0.124. The standard InChI is InChI=1S/C13H14BNO4/c1-3-10-4-6-11(7-5-10)14-18-12(16)8-15(2)9-13(17)19-14/h3-9,16-17H,1H2,2H3. The third-order valence-corrected chi connectivity index (χ3v) is 2.53. The van der Waals surface area contributed by atoms with Crippen LogP contribution in [0.4, 0.5) is 0 Å². The monoisotopic (exact) mass is 259 g/mol. The van der Waals surface area contributed by atoms with Crippen LogP contribution in [0, 0.1) is 0 Å². The highest BCUT2D eigenvalue weighted by molar-refractivity contribution is 6.61. The summed E-state index contributed by atoms with van der Waals surface area (Å²) in [4.78, 5) is 1.42. The summed E-state index contributed by atoms with van der Waals surface area (Å²) in [5.74, 6) is -0.604.